The normalized spacial score (nSPS) is 20.3. The fraction of sp³-hybridized carbons (Fsp3) is 0.370. The van der Waals surface area contributed by atoms with E-state index in [9.17, 15) is 19.2 Å². The number of nitrogens with one attached hydrogen (secondary N) is 4. The first-order valence-corrected chi connectivity index (χ1v) is 24.4. The van der Waals surface area contributed by atoms with E-state index in [4.69, 9.17) is 19.4 Å². The van der Waals surface area contributed by atoms with Crippen molar-refractivity contribution in [1.82, 2.24) is 40.4 Å². The predicted molar refractivity (Wildman–Crippen MR) is 252 cm³/mol. The Labute approximate surface area is 394 Å². The van der Waals surface area contributed by atoms with Crippen LogP contribution in [0.3, 0.4) is 0 Å². The van der Waals surface area contributed by atoms with E-state index in [1.54, 1.807) is 0 Å². The van der Waals surface area contributed by atoms with Gasteiger partial charge in [0.25, 0.3) is 0 Å². The Morgan fingerprint density at radius 1 is 0.559 bits per heavy atom. The average molecular weight is 911 g/mol. The van der Waals surface area contributed by atoms with Crippen LogP contribution in [0.25, 0.3) is 33.6 Å². The van der Waals surface area contributed by atoms with Crippen LogP contribution in [0.1, 0.15) is 122 Å². The zero-order valence-corrected chi connectivity index (χ0v) is 37.8. The fourth-order valence-corrected chi connectivity index (χ4v) is 11.0. The molecule has 2 aromatic heterocycles. The first-order chi connectivity index (χ1) is 33.3. The SMILES string of the molecule is O=C(N[C@@H](C(=O)N1CCC[C@H]1c1ncc(-c2cc3c4c(c2)OCc2cc(-c5cnc([C@@H]6CCCN6C(=O)[C@H](NC(=O)C6CCC6)c6ccccc6)[nH]5)cc(c2-4)OC3)[nH]1)c1ccccc1)C1CCC1. The molecule has 0 spiro atoms. The van der Waals surface area contributed by atoms with Crippen LogP contribution >= 0.6 is 0 Å². The molecule has 0 radical (unpaired) electrons. The number of nitrogens with zero attached hydrogens (tertiary/aromatic N) is 4. The lowest BCUT2D eigenvalue weighted by Crippen LogP contribution is -2.45. The molecule has 2 saturated carbocycles. The minimum absolute atomic E-state index is 0.0335. The second kappa shape index (κ2) is 17.5. The maximum absolute atomic E-state index is 14.3. The van der Waals surface area contributed by atoms with Crippen molar-refractivity contribution in [2.75, 3.05) is 13.1 Å². The summed E-state index contributed by atoms with van der Waals surface area (Å²) in [6.45, 7) is 1.86. The molecule has 14 heteroatoms. The topological polar surface area (TPSA) is 175 Å². The Kier molecular flexibility index (Phi) is 10.8. The quantitative estimate of drug-likeness (QED) is 0.0945. The van der Waals surface area contributed by atoms with Crippen LogP contribution in [-0.4, -0.2) is 66.5 Å². The summed E-state index contributed by atoms with van der Waals surface area (Å²) < 4.78 is 13.0. The maximum Gasteiger partial charge on any atom is 0.250 e. The Hall–Kier alpha value is -7.22. The smallest absolute Gasteiger partial charge is 0.250 e. The molecule has 4 aliphatic heterocycles. The van der Waals surface area contributed by atoms with E-state index in [0.29, 0.717) is 38.0 Å². The number of aromatic amines is 2. The maximum atomic E-state index is 14.3. The highest BCUT2D eigenvalue weighted by atomic mass is 16.5. The Balaban J connectivity index is 0.769. The predicted octanol–water partition coefficient (Wildman–Crippen LogP) is 8.56. The highest BCUT2D eigenvalue weighted by Gasteiger charge is 2.40. The van der Waals surface area contributed by atoms with E-state index >= 15 is 0 Å². The van der Waals surface area contributed by atoms with Crippen LogP contribution in [-0.2, 0) is 32.4 Å². The molecule has 0 unspecified atom stereocenters. The first-order valence-electron chi connectivity index (χ1n) is 24.4. The third-order valence-electron chi connectivity index (χ3n) is 15.2. The lowest BCUT2D eigenvalue weighted by molar-refractivity contribution is -0.139. The molecule has 4 N–H and O–H groups in total. The number of likely N-dealkylation sites (tertiary alicyclic amines) is 2. The van der Waals surface area contributed by atoms with Gasteiger partial charge in [0, 0.05) is 58.3 Å². The molecule has 0 bridgehead atoms. The Morgan fingerprint density at radius 3 is 1.38 bits per heavy atom. The van der Waals surface area contributed by atoms with Crippen LogP contribution in [0.5, 0.6) is 11.5 Å². The van der Waals surface area contributed by atoms with Gasteiger partial charge in [-0.1, -0.05) is 73.5 Å². The number of hydrogen-bond acceptors (Lipinski definition) is 8. The van der Waals surface area contributed by atoms with Crippen LogP contribution in [0.2, 0.25) is 0 Å². The molecular weight excluding hydrogens is 857 g/mol. The number of H-pyrrole nitrogens is 2. The summed E-state index contributed by atoms with van der Waals surface area (Å²) in [6, 6.07) is 25.4. The minimum atomic E-state index is -0.761. The van der Waals surface area contributed by atoms with E-state index in [1.807, 2.05) is 82.9 Å². The van der Waals surface area contributed by atoms with E-state index in [1.165, 1.54) is 0 Å². The number of carbonyl (C=O) groups is 4. The molecule has 4 amide bonds. The number of benzene rings is 4. The number of ether oxygens (including phenoxy) is 2. The Morgan fingerprint density at radius 2 is 0.985 bits per heavy atom. The number of rotatable bonds is 12. The Bertz CT molecular complexity index is 2680. The van der Waals surface area contributed by atoms with Gasteiger partial charge in [0.2, 0.25) is 23.6 Å². The second-order valence-electron chi connectivity index (χ2n) is 19.3. The molecule has 346 valence electrons. The number of hydrogen-bond donors (Lipinski definition) is 4. The zero-order valence-electron chi connectivity index (χ0n) is 37.8. The summed E-state index contributed by atoms with van der Waals surface area (Å²) >= 11 is 0. The second-order valence-corrected chi connectivity index (χ2v) is 19.3. The summed E-state index contributed by atoms with van der Waals surface area (Å²) in [4.78, 5) is 75.5. The van der Waals surface area contributed by atoms with Gasteiger partial charge in [-0.05, 0) is 86.8 Å². The molecule has 2 saturated heterocycles. The largest absolute Gasteiger partial charge is 0.488 e. The minimum Gasteiger partial charge on any atom is -0.488 e. The highest BCUT2D eigenvalue weighted by molar-refractivity contribution is 5.92. The number of imidazole rings is 2. The van der Waals surface area contributed by atoms with Gasteiger partial charge >= 0.3 is 0 Å². The lowest BCUT2D eigenvalue weighted by Gasteiger charge is -2.31. The van der Waals surface area contributed by atoms with Crippen molar-refractivity contribution < 1.29 is 28.7 Å². The first kappa shape index (κ1) is 42.2. The zero-order chi connectivity index (χ0) is 45.9. The summed E-state index contributed by atoms with van der Waals surface area (Å²) in [5.74, 6) is 2.56. The van der Waals surface area contributed by atoms with Crippen molar-refractivity contribution in [3.8, 4) is 45.1 Å². The van der Waals surface area contributed by atoms with Crippen molar-refractivity contribution in [3.05, 3.63) is 131 Å². The highest BCUT2D eigenvalue weighted by Crippen LogP contribution is 2.51. The molecule has 4 aromatic carbocycles. The van der Waals surface area contributed by atoms with Gasteiger partial charge in [-0.15, -0.1) is 0 Å². The van der Waals surface area contributed by atoms with Crippen LogP contribution < -0.4 is 20.1 Å². The third kappa shape index (κ3) is 7.59. The standard InChI is InChI=1S/C54H54N8O6/c63-51(33-15-7-16-33)59-47(31-11-3-1-4-12-31)53(65)61-21-9-19-41(61)49-55-27-39(57-49)35-23-37-29-68-44-26-36(24-38-30-67-43(25-35)45(37)46(38)44)40-28-56-50(58-40)42-20-10-22-62(42)54(66)48(32-13-5-2-6-14-32)60-52(64)34-17-8-18-34/h1-6,11-14,23-28,33-34,41-42,47-48H,7-10,15-22,29-30H2,(H,55,57)(H,56,58)(H,59,63)(H,60,64)/t41-,42-,47+,48+/m0/s1. The lowest BCUT2D eigenvalue weighted by atomic mass is 9.84. The molecule has 6 aliphatic rings. The van der Waals surface area contributed by atoms with Gasteiger partial charge in [-0.2, -0.15) is 0 Å². The van der Waals surface area contributed by atoms with Crippen LogP contribution in [0.15, 0.2) is 97.3 Å². The van der Waals surface area contributed by atoms with E-state index in [2.05, 4.69) is 44.9 Å². The molecule has 4 atom stereocenters. The molecule has 12 rings (SSSR count). The molecule has 2 aliphatic carbocycles. The third-order valence-corrected chi connectivity index (χ3v) is 15.2. The van der Waals surface area contributed by atoms with Crippen molar-refractivity contribution >= 4 is 23.6 Å². The van der Waals surface area contributed by atoms with Crippen molar-refractivity contribution in [2.24, 2.45) is 11.8 Å². The summed E-state index contributed by atoms with van der Waals surface area (Å²) in [5.41, 5.74) is 9.07. The summed E-state index contributed by atoms with van der Waals surface area (Å²) in [5, 5.41) is 6.20. The summed E-state index contributed by atoms with van der Waals surface area (Å²) in [7, 11) is 0. The van der Waals surface area contributed by atoms with Gasteiger partial charge in [0.15, 0.2) is 0 Å². The van der Waals surface area contributed by atoms with Gasteiger partial charge in [-0.3, -0.25) is 19.2 Å². The molecule has 6 heterocycles. The van der Waals surface area contributed by atoms with Crippen molar-refractivity contribution in [3.63, 3.8) is 0 Å². The molecule has 4 fully saturated rings. The van der Waals surface area contributed by atoms with Gasteiger partial charge in [-0.25, -0.2) is 9.97 Å². The van der Waals surface area contributed by atoms with E-state index < -0.39 is 12.1 Å². The number of amides is 4. The van der Waals surface area contributed by atoms with Gasteiger partial charge in [0.1, 0.15) is 48.4 Å². The summed E-state index contributed by atoms with van der Waals surface area (Å²) in [6.07, 6.45) is 12.4. The average Bonchev–Trinajstić information content (AvgIpc) is 4.18. The van der Waals surface area contributed by atoms with Crippen molar-refractivity contribution in [2.45, 2.75) is 102 Å². The molecular formula is C54H54N8O6. The van der Waals surface area contributed by atoms with E-state index in [0.717, 1.165) is 132 Å². The van der Waals surface area contributed by atoms with Crippen LogP contribution in [0.4, 0.5) is 0 Å². The molecule has 14 nitrogen and oxygen atoms in total. The van der Waals surface area contributed by atoms with Crippen molar-refractivity contribution in [1.29, 1.82) is 0 Å². The number of carbonyl (C=O) groups excluding carboxylic acids is 4. The fourth-order valence-electron chi connectivity index (χ4n) is 11.0. The van der Waals surface area contributed by atoms with E-state index in [-0.39, 0.29) is 47.5 Å². The molecule has 6 aromatic rings. The van der Waals surface area contributed by atoms with Crippen LogP contribution in [0, 0.1) is 11.8 Å². The van der Waals surface area contributed by atoms with Gasteiger partial charge in [0.05, 0.1) is 35.9 Å². The monoisotopic (exact) mass is 910 g/mol. The molecule has 68 heavy (non-hydrogen) atoms. The number of aromatic nitrogens is 4. The van der Waals surface area contributed by atoms with Gasteiger partial charge < -0.3 is 39.9 Å².